The number of halogens is 5. The van der Waals surface area contributed by atoms with Crippen LogP contribution in [0, 0.1) is 29.1 Å². The lowest BCUT2D eigenvalue weighted by Gasteiger charge is -2.39. The number of phosphoric ester groups is 1. The van der Waals surface area contributed by atoms with Crippen LogP contribution < -0.4 is 15.0 Å². The van der Waals surface area contributed by atoms with Crippen LogP contribution in [-0.4, -0.2) is 46.9 Å². The maximum atomic E-state index is 15.1. The maximum absolute atomic E-state index is 15.1. The van der Waals surface area contributed by atoms with Crippen molar-refractivity contribution in [3.8, 4) is 5.75 Å². The standard InChI is InChI=1S/C28H27F5N3O7P/c1-15-19-5-4-16(27(37)34-13-20-22(30)9-17(29)10-23(20)31)8-26(19)36(28(38)35(15)2)14-21-24(32)11-18(12-25(21)33)42-6-3-7-43-44(39,40)41/h4-5,8-12,15H,3,6-7,13-14H2,1-2H3,(H,34,37)(H2,39,40,41)/t15-/m0/s1. The number of hydrogen-bond donors (Lipinski definition) is 3. The number of hydrogen-bond acceptors (Lipinski definition) is 5. The first-order chi connectivity index (χ1) is 20.7. The SMILES string of the molecule is C[C@H]1c2ccc(C(=O)NCc3c(F)cc(F)cc3F)cc2N(Cc2c(F)cc(OCCCOP(=O)(O)O)cc2F)C(=O)N1C. The number of carbonyl (C=O) groups excluding carboxylic acids is 2. The second kappa shape index (κ2) is 13.3. The zero-order valence-corrected chi connectivity index (χ0v) is 24.2. The number of rotatable bonds is 11. The van der Waals surface area contributed by atoms with Crippen LogP contribution in [0.5, 0.6) is 5.75 Å². The van der Waals surface area contributed by atoms with E-state index in [-0.39, 0.29) is 36.6 Å². The van der Waals surface area contributed by atoms with Crippen LogP contribution >= 0.6 is 7.82 Å². The molecule has 0 saturated heterocycles. The van der Waals surface area contributed by atoms with Gasteiger partial charge < -0.3 is 24.7 Å². The number of nitrogens with one attached hydrogen (secondary N) is 1. The Bertz CT molecular complexity index is 1590. The topological polar surface area (TPSA) is 129 Å². The summed E-state index contributed by atoms with van der Waals surface area (Å²) in [6, 6.07) is 5.92. The lowest BCUT2D eigenvalue weighted by atomic mass is 9.98. The van der Waals surface area contributed by atoms with E-state index in [0.29, 0.717) is 17.7 Å². The van der Waals surface area contributed by atoms with Crippen molar-refractivity contribution in [2.75, 3.05) is 25.2 Å². The highest BCUT2D eigenvalue weighted by Gasteiger charge is 2.35. The van der Waals surface area contributed by atoms with Gasteiger partial charge in [-0.05, 0) is 24.6 Å². The van der Waals surface area contributed by atoms with Crippen molar-refractivity contribution < 1.29 is 55.2 Å². The molecule has 0 aromatic heterocycles. The molecular weight excluding hydrogens is 616 g/mol. The van der Waals surface area contributed by atoms with Crippen molar-refractivity contribution in [1.29, 1.82) is 0 Å². The van der Waals surface area contributed by atoms with Gasteiger partial charge in [-0.2, -0.15) is 0 Å². The van der Waals surface area contributed by atoms with Crippen molar-refractivity contribution >= 4 is 25.4 Å². The van der Waals surface area contributed by atoms with Crippen LogP contribution in [0.4, 0.5) is 32.4 Å². The van der Waals surface area contributed by atoms with Crippen LogP contribution in [0.25, 0.3) is 0 Å². The molecule has 16 heteroatoms. The fourth-order valence-corrected chi connectivity index (χ4v) is 4.88. The van der Waals surface area contributed by atoms with E-state index in [1.165, 1.54) is 24.1 Å². The molecule has 1 atom stereocenters. The zero-order valence-electron chi connectivity index (χ0n) is 23.3. The van der Waals surface area contributed by atoms with Gasteiger partial charge in [0.2, 0.25) is 0 Å². The van der Waals surface area contributed by atoms with Crippen molar-refractivity contribution in [3.63, 3.8) is 0 Å². The Morgan fingerprint density at radius 1 is 0.955 bits per heavy atom. The summed E-state index contributed by atoms with van der Waals surface area (Å²) in [4.78, 5) is 45.9. The van der Waals surface area contributed by atoms with E-state index in [9.17, 15) is 27.3 Å². The fourth-order valence-electron chi connectivity index (χ4n) is 4.51. The van der Waals surface area contributed by atoms with Gasteiger partial charge in [-0.15, -0.1) is 0 Å². The molecular formula is C28H27F5N3O7P. The van der Waals surface area contributed by atoms with Crippen molar-refractivity contribution in [2.24, 2.45) is 0 Å². The van der Waals surface area contributed by atoms with Crippen LogP contribution in [0.2, 0.25) is 0 Å². The molecule has 0 saturated carbocycles. The molecule has 0 bridgehead atoms. The van der Waals surface area contributed by atoms with Gasteiger partial charge in [0.05, 0.1) is 31.5 Å². The van der Waals surface area contributed by atoms with Gasteiger partial charge in [0.1, 0.15) is 34.8 Å². The third kappa shape index (κ3) is 7.53. The molecule has 3 aromatic rings. The molecule has 0 spiro atoms. The molecule has 0 aliphatic carbocycles. The molecule has 1 aliphatic rings. The molecule has 4 rings (SSSR count). The molecule has 3 N–H and O–H groups in total. The van der Waals surface area contributed by atoms with Crippen molar-refractivity contribution in [1.82, 2.24) is 10.2 Å². The summed E-state index contributed by atoms with van der Waals surface area (Å²) in [5, 5.41) is 2.34. The average molecular weight is 644 g/mol. The van der Waals surface area contributed by atoms with E-state index in [1.807, 2.05) is 0 Å². The van der Waals surface area contributed by atoms with Gasteiger partial charge in [0, 0.05) is 61.0 Å². The van der Waals surface area contributed by atoms with Gasteiger partial charge in [-0.25, -0.2) is 31.3 Å². The van der Waals surface area contributed by atoms with Gasteiger partial charge >= 0.3 is 13.9 Å². The highest BCUT2D eigenvalue weighted by Crippen LogP contribution is 2.38. The smallest absolute Gasteiger partial charge is 0.469 e. The van der Waals surface area contributed by atoms with Gasteiger partial charge in [0.25, 0.3) is 5.91 Å². The number of ether oxygens (including phenoxy) is 1. The molecule has 0 radical (unpaired) electrons. The predicted molar refractivity (Wildman–Crippen MR) is 146 cm³/mol. The van der Waals surface area contributed by atoms with E-state index in [0.717, 1.165) is 17.0 Å². The molecule has 10 nitrogen and oxygen atoms in total. The van der Waals surface area contributed by atoms with Gasteiger partial charge in [-0.3, -0.25) is 14.2 Å². The van der Waals surface area contributed by atoms with E-state index in [1.54, 1.807) is 13.0 Å². The first-order valence-electron chi connectivity index (χ1n) is 13.1. The fraction of sp³-hybridized carbons (Fsp3) is 0.286. The van der Waals surface area contributed by atoms with Gasteiger partial charge in [0.15, 0.2) is 0 Å². The first-order valence-corrected chi connectivity index (χ1v) is 14.6. The second-order valence-corrected chi connectivity index (χ2v) is 11.1. The van der Waals surface area contributed by atoms with Crippen LogP contribution in [0.3, 0.4) is 0 Å². The Labute approximate surface area is 248 Å². The highest BCUT2D eigenvalue weighted by molar-refractivity contribution is 7.46. The number of nitrogens with zero attached hydrogens (tertiary/aromatic N) is 2. The number of anilines is 1. The minimum Gasteiger partial charge on any atom is -0.493 e. The molecule has 236 valence electrons. The average Bonchev–Trinajstić information content (AvgIpc) is 2.93. The normalized spacial score (nSPS) is 14.9. The summed E-state index contributed by atoms with van der Waals surface area (Å²) < 4.78 is 91.6. The Hall–Kier alpha value is -4.04. The van der Waals surface area contributed by atoms with E-state index in [4.69, 9.17) is 14.5 Å². The van der Waals surface area contributed by atoms with Crippen LogP contribution in [0.15, 0.2) is 42.5 Å². The molecule has 44 heavy (non-hydrogen) atoms. The lowest BCUT2D eigenvalue weighted by molar-refractivity contribution is 0.0950. The number of phosphoric acid groups is 1. The number of carbonyl (C=O) groups is 2. The predicted octanol–water partition coefficient (Wildman–Crippen LogP) is 5.32. The third-order valence-electron chi connectivity index (χ3n) is 6.93. The first kappa shape index (κ1) is 32.9. The summed E-state index contributed by atoms with van der Waals surface area (Å²) in [6.45, 7) is 0.0251. The molecule has 3 amide bonds. The largest absolute Gasteiger partial charge is 0.493 e. The Kier molecular flexibility index (Phi) is 9.94. The van der Waals surface area contributed by atoms with Crippen molar-refractivity contribution in [2.45, 2.75) is 32.5 Å². The monoisotopic (exact) mass is 643 g/mol. The number of fused-ring (bicyclic) bond motifs is 1. The zero-order chi connectivity index (χ0) is 32.3. The summed E-state index contributed by atoms with van der Waals surface area (Å²) >= 11 is 0. The summed E-state index contributed by atoms with van der Waals surface area (Å²) in [5.74, 6) is -6.55. The van der Waals surface area contributed by atoms with Crippen LogP contribution in [-0.2, 0) is 22.2 Å². The van der Waals surface area contributed by atoms with Crippen molar-refractivity contribution in [3.05, 3.63) is 93.8 Å². The molecule has 1 aliphatic heterocycles. The number of urea groups is 1. The quantitative estimate of drug-likeness (QED) is 0.147. The minimum absolute atomic E-state index is 0.0172. The summed E-state index contributed by atoms with van der Waals surface area (Å²) in [6.07, 6.45) is 0.0172. The summed E-state index contributed by atoms with van der Waals surface area (Å²) in [7, 11) is -3.16. The molecule has 0 unspecified atom stereocenters. The number of benzene rings is 3. The Morgan fingerprint density at radius 2 is 1.57 bits per heavy atom. The van der Waals surface area contributed by atoms with Crippen LogP contribution in [0.1, 0.15) is 46.4 Å². The molecule has 1 heterocycles. The summed E-state index contributed by atoms with van der Waals surface area (Å²) in [5.41, 5.74) is -0.332. The molecule has 0 fully saturated rings. The maximum Gasteiger partial charge on any atom is 0.469 e. The van der Waals surface area contributed by atoms with E-state index >= 15 is 8.78 Å². The second-order valence-electron chi connectivity index (χ2n) is 9.85. The Morgan fingerprint density at radius 3 is 2.18 bits per heavy atom. The van der Waals surface area contributed by atoms with E-state index in [2.05, 4.69) is 9.84 Å². The lowest BCUT2D eigenvalue weighted by Crippen LogP contribution is -2.47. The highest BCUT2D eigenvalue weighted by atomic mass is 31.2. The third-order valence-corrected chi connectivity index (χ3v) is 7.45. The molecule has 3 aromatic carbocycles. The number of amides is 3. The Balaban J connectivity index is 1.54. The van der Waals surface area contributed by atoms with Gasteiger partial charge in [-0.1, -0.05) is 6.07 Å². The minimum atomic E-state index is -4.66. The van der Waals surface area contributed by atoms with E-state index < -0.39 is 79.1 Å².